The Kier molecular flexibility index (Phi) is 20.9. The average molecular weight is 938 g/mol. The van der Waals surface area contributed by atoms with Crippen molar-refractivity contribution in [2.45, 2.75) is 174 Å². The van der Waals surface area contributed by atoms with Crippen LogP contribution in [-0.4, -0.2) is 81.7 Å². The van der Waals surface area contributed by atoms with Crippen LogP contribution in [-0.2, 0) is 38.8 Å². The zero-order chi connectivity index (χ0) is 48.3. The van der Waals surface area contributed by atoms with E-state index in [2.05, 4.69) is 36.5 Å². The van der Waals surface area contributed by atoms with Gasteiger partial charge in [0.1, 0.15) is 17.2 Å². The van der Waals surface area contributed by atoms with Crippen molar-refractivity contribution in [3.8, 4) is 17.2 Å². The van der Waals surface area contributed by atoms with Gasteiger partial charge in [0, 0.05) is 32.7 Å². The van der Waals surface area contributed by atoms with Gasteiger partial charge in [-0.25, -0.2) is 0 Å². The number of carboxylic acids is 2. The summed E-state index contributed by atoms with van der Waals surface area (Å²) >= 11 is 0. The van der Waals surface area contributed by atoms with E-state index in [0.29, 0.717) is 32.0 Å². The summed E-state index contributed by atoms with van der Waals surface area (Å²) in [7, 11) is 0. The number of hydrogen-bond acceptors (Lipinski definition) is 8. The lowest BCUT2D eigenvalue weighted by Gasteiger charge is -2.48. The Bertz CT molecular complexity index is 1880. The van der Waals surface area contributed by atoms with Gasteiger partial charge >= 0.3 is 11.9 Å². The van der Waals surface area contributed by atoms with Crippen LogP contribution in [0.15, 0.2) is 72.8 Å². The number of hydrogen-bond donors (Lipinski definition) is 3. The lowest BCUT2D eigenvalue weighted by molar-refractivity contribution is -0.187. The highest BCUT2D eigenvalue weighted by molar-refractivity contribution is 5.99. The first-order valence-corrected chi connectivity index (χ1v) is 26.1. The second-order valence-corrected chi connectivity index (χ2v) is 19.5. The molecule has 4 fully saturated rings. The second-order valence-electron chi connectivity index (χ2n) is 19.5. The number of amides is 2. The van der Waals surface area contributed by atoms with E-state index in [1.165, 1.54) is 82.6 Å². The van der Waals surface area contributed by atoms with E-state index in [9.17, 15) is 29.4 Å². The summed E-state index contributed by atoms with van der Waals surface area (Å²) in [4.78, 5) is 56.6. The topological polar surface area (TPSA) is 155 Å². The van der Waals surface area contributed by atoms with Gasteiger partial charge in [-0.05, 0) is 156 Å². The molecule has 0 aromatic heterocycles. The van der Waals surface area contributed by atoms with Crippen LogP contribution in [0.25, 0.3) is 0 Å². The highest BCUT2D eigenvalue weighted by Crippen LogP contribution is 2.49. The molecule has 372 valence electrons. The molecule has 4 aliphatic carbocycles. The number of rotatable bonds is 22. The number of nitrogens with one attached hydrogen (secondary N) is 1. The number of benzene rings is 3. The van der Waals surface area contributed by atoms with E-state index >= 15 is 0 Å². The molecule has 0 saturated heterocycles. The SMILES string of the molecule is CCCN(Cc1ccc(OC2CCCCC2)cc1)C(=O)C1C(C(=O)O)C(C(=O)O)C1C(=O)N(CCC)Cc1ccc(OC2CCCCC2)cc1.CCCNCc1ccc(OC2CCCCC2)cc1. The molecule has 3 N–H and O–H groups in total. The fourth-order valence-electron chi connectivity index (χ4n) is 10.5. The third-order valence-corrected chi connectivity index (χ3v) is 14.1. The third-order valence-electron chi connectivity index (χ3n) is 14.1. The van der Waals surface area contributed by atoms with E-state index in [4.69, 9.17) is 14.2 Å². The fraction of sp³-hybridized carbons (Fsp3) is 0.607. The van der Waals surface area contributed by atoms with Crippen LogP contribution in [0.5, 0.6) is 17.2 Å². The summed E-state index contributed by atoms with van der Waals surface area (Å²) in [5.41, 5.74) is 3.02. The Balaban J connectivity index is 0.000000352. The van der Waals surface area contributed by atoms with Gasteiger partial charge in [-0.3, -0.25) is 19.2 Å². The molecule has 12 heteroatoms. The van der Waals surface area contributed by atoms with Gasteiger partial charge in [0.2, 0.25) is 11.8 Å². The maximum absolute atomic E-state index is 14.2. The molecule has 0 radical (unpaired) electrons. The number of carbonyl (C=O) groups excluding carboxylic acids is 2. The normalized spacial score (nSPS) is 21.0. The molecule has 0 bridgehead atoms. The quantitative estimate of drug-likeness (QED) is 0.0829. The smallest absolute Gasteiger partial charge is 0.308 e. The molecular weight excluding hydrogens is 859 g/mol. The fourth-order valence-corrected chi connectivity index (χ4v) is 10.5. The standard InChI is InChI=1S/C40H54N2O8.C16H25NO/c1-3-23-41(25-27-15-19-31(20-16-27)49-29-11-7-5-8-12-29)37(43)33-34(36(40(47)48)35(33)39(45)46)38(44)42(24-4-2)26-28-17-21-32(22-18-28)50-30-13-9-6-10-14-30;1-2-12-17-13-14-8-10-16(11-9-14)18-15-6-4-3-5-7-15/h15-22,29-30,33-36H,3-14,23-26H2,1-2H3,(H,45,46)(H,47,48);8-11,15,17H,2-7,12-13H2,1H3. The van der Waals surface area contributed by atoms with E-state index in [1.807, 2.05) is 62.4 Å². The molecule has 0 heterocycles. The lowest BCUT2D eigenvalue weighted by Crippen LogP contribution is -2.64. The van der Waals surface area contributed by atoms with Gasteiger partial charge in [-0.2, -0.15) is 0 Å². The summed E-state index contributed by atoms with van der Waals surface area (Å²) in [5, 5.41) is 23.8. The number of carboxylic acid groups (broad SMARTS) is 2. The molecule has 3 aromatic rings. The molecule has 4 aliphatic rings. The van der Waals surface area contributed by atoms with Crippen molar-refractivity contribution in [1.82, 2.24) is 15.1 Å². The molecule has 0 spiro atoms. The van der Waals surface area contributed by atoms with Crippen molar-refractivity contribution in [2.24, 2.45) is 23.7 Å². The van der Waals surface area contributed by atoms with Crippen LogP contribution in [0.4, 0.5) is 0 Å². The predicted octanol–water partition coefficient (Wildman–Crippen LogP) is 10.8. The van der Waals surface area contributed by atoms with Gasteiger partial charge in [0.25, 0.3) is 0 Å². The molecule has 68 heavy (non-hydrogen) atoms. The molecule has 12 nitrogen and oxygen atoms in total. The van der Waals surface area contributed by atoms with Crippen LogP contribution in [0.3, 0.4) is 0 Å². The van der Waals surface area contributed by atoms with Gasteiger partial charge in [-0.15, -0.1) is 0 Å². The highest BCUT2D eigenvalue weighted by atomic mass is 16.5. The molecular formula is C56H79N3O9. The largest absolute Gasteiger partial charge is 0.490 e. The summed E-state index contributed by atoms with van der Waals surface area (Å²) in [6, 6.07) is 23.7. The summed E-state index contributed by atoms with van der Waals surface area (Å²) in [6.07, 6.45) is 21.1. The first kappa shape index (κ1) is 52.3. The third kappa shape index (κ3) is 15.2. The average Bonchev–Trinajstić information content (AvgIpc) is 3.33. The number of carbonyl (C=O) groups is 4. The van der Waals surface area contributed by atoms with Gasteiger partial charge in [0.05, 0.1) is 42.0 Å². The number of ether oxygens (including phenoxy) is 3. The maximum Gasteiger partial charge on any atom is 0.308 e. The van der Waals surface area contributed by atoms with E-state index in [0.717, 1.165) is 67.1 Å². The minimum absolute atomic E-state index is 0.211. The maximum atomic E-state index is 14.2. The highest BCUT2D eigenvalue weighted by Gasteiger charge is 2.64. The van der Waals surface area contributed by atoms with Gasteiger partial charge < -0.3 is 39.5 Å². The zero-order valence-corrected chi connectivity index (χ0v) is 41.1. The van der Waals surface area contributed by atoms with Crippen LogP contribution >= 0.6 is 0 Å². The minimum Gasteiger partial charge on any atom is -0.490 e. The Morgan fingerprint density at radius 3 is 1.09 bits per heavy atom. The van der Waals surface area contributed by atoms with Gasteiger partial charge in [0.15, 0.2) is 0 Å². The molecule has 2 amide bonds. The van der Waals surface area contributed by atoms with Crippen molar-refractivity contribution in [3.05, 3.63) is 89.5 Å². The minimum atomic E-state index is -1.50. The van der Waals surface area contributed by atoms with Crippen molar-refractivity contribution < 1.29 is 43.6 Å². The first-order chi connectivity index (χ1) is 33.1. The summed E-state index contributed by atoms with van der Waals surface area (Å²) in [6.45, 7) is 9.19. The Morgan fingerprint density at radius 1 is 0.471 bits per heavy atom. The molecule has 7 rings (SSSR count). The molecule has 4 saturated carbocycles. The second kappa shape index (κ2) is 27.2. The molecule has 4 atom stereocenters. The molecule has 3 aromatic carbocycles. The Labute approximate surface area is 405 Å². The van der Waals surface area contributed by atoms with E-state index in [1.54, 1.807) is 9.80 Å². The molecule has 4 unspecified atom stereocenters. The predicted molar refractivity (Wildman–Crippen MR) is 264 cm³/mol. The summed E-state index contributed by atoms with van der Waals surface area (Å²) in [5.74, 6) is -6.75. The lowest BCUT2D eigenvalue weighted by atomic mass is 9.55. The summed E-state index contributed by atoms with van der Waals surface area (Å²) < 4.78 is 18.3. The first-order valence-electron chi connectivity index (χ1n) is 26.1. The number of aliphatic carboxylic acids is 2. The van der Waals surface area contributed by atoms with E-state index in [-0.39, 0.29) is 25.3 Å². The Hall–Kier alpha value is -5.10. The van der Waals surface area contributed by atoms with Crippen molar-refractivity contribution in [3.63, 3.8) is 0 Å². The Morgan fingerprint density at radius 2 is 0.794 bits per heavy atom. The monoisotopic (exact) mass is 938 g/mol. The zero-order valence-electron chi connectivity index (χ0n) is 41.1. The number of nitrogens with zero attached hydrogens (tertiary/aromatic N) is 2. The van der Waals surface area contributed by atoms with Crippen molar-refractivity contribution >= 4 is 23.8 Å². The van der Waals surface area contributed by atoms with Crippen LogP contribution in [0.2, 0.25) is 0 Å². The van der Waals surface area contributed by atoms with Crippen LogP contribution in [0, 0.1) is 23.7 Å². The molecule has 0 aliphatic heterocycles. The van der Waals surface area contributed by atoms with E-state index < -0.39 is 47.4 Å². The van der Waals surface area contributed by atoms with Crippen molar-refractivity contribution in [1.29, 1.82) is 0 Å². The van der Waals surface area contributed by atoms with Gasteiger partial charge in [-0.1, -0.05) is 76.4 Å². The van der Waals surface area contributed by atoms with Crippen molar-refractivity contribution in [2.75, 3.05) is 19.6 Å². The van der Waals surface area contributed by atoms with Crippen LogP contribution in [0.1, 0.15) is 153 Å². The van der Waals surface area contributed by atoms with Crippen LogP contribution < -0.4 is 19.5 Å².